The Hall–Kier alpha value is -2.30. The zero-order valence-electron chi connectivity index (χ0n) is 13.0. The van der Waals surface area contributed by atoms with E-state index in [1.807, 2.05) is 0 Å². The lowest BCUT2D eigenvalue weighted by Crippen LogP contribution is -2.36. The molecule has 0 spiro atoms. The second-order valence-corrected chi connectivity index (χ2v) is 6.44. The molecule has 3 atom stereocenters. The van der Waals surface area contributed by atoms with Crippen molar-refractivity contribution in [2.75, 3.05) is 6.54 Å². The Bertz CT molecular complexity index is 609. The zero-order chi connectivity index (χ0) is 16.2. The largest absolute Gasteiger partial charge is 0.478 e. The molecule has 1 fully saturated rings. The lowest BCUT2D eigenvalue weighted by Gasteiger charge is -2.18. The van der Waals surface area contributed by atoms with Gasteiger partial charge in [0.25, 0.3) is 0 Å². The number of fused-ring (bicyclic) bond motifs is 2. The van der Waals surface area contributed by atoms with Crippen LogP contribution < -0.4 is 10.6 Å². The van der Waals surface area contributed by atoms with Gasteiger partial charge in [0.05, 0.1) is 5.56 Å². The van der Waals surface area contributed by atoms with Gasteiger partial charge in [-0.2, -0.15) is 0 Å². The summed E-state index contributed by atoms with van der Waals surface area (Å²) < 4.78 is 0. The summed E-state index contributed by atoms with van der Waals surface area (Å²) in [6, 6.07) is 6.34. The molecule has 0 radical (unpaired) electrons. The molecule has 3 rings (SSSR count). The van der Waals surface area contributed by atoms with Crippen molar-refractivity contribution in [2.45, 2.75) is 25.8 Å². The predicted octanol–water partition coefficient (Wildman–Crippen LogP) is 2.79. The van der Waals surface area contributed by atoms with Crippen LogP contribution in [0.25, 0.3) is 0 Å². The molecule has 2 amide bonds. The van der Waals surface area contributed by atoms with Crippen molar-refractivity contribution >= 4 is 12.0 Å². The number of benzene rings is 1. The maximum atomic E-state index is 11.8. The summed E-state index contributed by atoms with van der Waals surface area (Å²) >= 11 is 0. The number of hydrogen-bond acceptors (Lipinski definition) is 2. The van der Waals surface area contributed by atoms with E-state index < -0.39 is 5.97 Å². The Morgan fingerprint density at radius 3 is 2.48 bits per heavy atom. The molecule has 5 heteroatoms. The standard InChI is InChI=1S/C18H22N2O3/c21-17(22)14-4-1-12(2-5-14)11-20-18(23)19-8-7-16-10-13-3-6-15(16)9-13/h1-6,13,15-16H,7-11H2,(H,21,22)(H2,19,20,23)/t13-,15+,16?/m1/s1. The third kappa shape index (κ3) is 3.92. The number of nitrogens with one attached hydrogen (secondary N) is 2. The number of carbonyl (C=O) groups excluding carboxylic acids is 1. The summed E-state index contributed by atoms with van der Waals surface area (Å²) in [7, 11) is 0. The molecule has 1 saturated carbocycles. The lowest BCUT2D eigenvalue weighted by atomic mass is 9.91. The van der Waals surface area contributed by atoms with Gasteiger partial charge in [-0.1, -0.05) is 24.3 Å². The normalized spacial score (nSPS) is 24.6. The van der Waals surface area contributed by atoms with Crippen LogP contribution in [0.1, 0.15) is 35.2 Å². The molecule has 0 heterocycles. The average molecular weight is 314 g/mol. The number of rotatable bonds is 6. The maximum Gasteiger partial charge on any atom is 0.335 e. The smallest absolute Gasteiger partial charge is 0.335 e. The SMILES string of the molecule is O=C(NCCC1C[C@@H]2C=C[C@H]1C2)NCc1ccc(C(=O)O)cc1. The van der Waals surface area contributed by atoms with Crippen molar-refractivity contribution in [3.8, 4) is 0 Å². The van der Waals surface area contributed by atoms with Gasteiger partial charge in [-0.25, -0.2) is 9.59 Å². The molecule has 2 aliphatic rings. The van der Waals surface area contributed by atoms with E-state index in [1.54, 1.807) is 24.3 Å². The molecular weight excluding hydrogens is 292 g/mol. The fourth-order valence-electron chi connectivity index (χ4n) is 3.61. The minimum atomic E-state index is -0.947. The van der Waals surface area contributed by atoms with Crippen LogP contribution in [0.4, 0.5) is 4.79 Å². The molecule has 3 N–H and O–H groups in total. The first-order valence-corrected chi connectivity index (χ1v) is 8.14. The quantitative estimate of drug-likeness (QED) is 0.707. The minimum absolute atomic E-state index is 0.175. The Balaban J connectivity index is 1.35. The fraction of sp³-hybridized carbons (Fsp3) is 0.444. The highest BCUT2D eigenvalue weighted by molar-refractivity contribution is 5.87. The summed E-state index contributed by atoms with van der Waals surface area (Å²) in [5, 5.41) is 14.5. The first-order chi connectivity index (χ1) is 11.1. The molecule has 122 valence electrons. The van der Waals surface area contributed by atoms with Crippen LogP contribution in [0.2, 0.25) is 0 Å². The molecule has 0 aromatic heterocycles. The predicted molar refractivity (Wildman–Crippen MR) is 87.1 cm³/mol. The zero-order valence-corrected chi connectivity index (χ0v) is 13.0. The van der Waals surface area contributed by atoms with E-state index in [2.05, 4.69) is 22.8 Å². The number of amides is 2. The number of carboxylic acid groups (broad SMARTS) is 1. The van der Waals surface area contributed by atoms with Crippen LogP contribution in [0.5, 0.6) is 0 Å². The van der Waals surface area contributed by atoms with Crippen LogP contribution >= 0.6 is 0 Å². The van der Waals surface area contributed by atoms with Crippen LogP contribution in [-0.4, -0.2) is 23.7 Å². The highest BCUT2D eigenvalue weighted by atomic mass is 16.4. The highest BCUT2D eigenvalue weighted by Crippen LogP contribution is 2.44. The minimum Gasteiger partial charge on any atom is -0.478 e. The second-order valence-electron chi connectivity index (χ2n) is 6.44. The molecule has 0 saturated heterocycles. The molecule has 2 bridgehead atoms. The van der Waals surface area contributed by atoms with Crippen molar-refractivity contribution in [3.63, 3.8) is 0 Å². The van der Waals surface area contributed by atoms with E-state index in [4.69, 9.17) is 5.11 Å². The summed E-state index contributed by atoms with van der Waals surface area (Å²) in [6.45, 7) is 1.09. The van der Waals surface area contributed by atoms with Crippen molar-refractivity contribution in [1.29, 1.82) is 0 Å². The van der Waals surface area contributed by atoms with Gasteiger partial charge in [0.1, 0.15) is 0 Å². The monoisotopic (exact) mass is 314 g/mol. The number of allylic oxidation sites excluding steroid dienone is 2. The summed E-state index contributed by atoms with van der Waals surface area (Å²) in [5.41, 5.74) is 1.13. The van der Waals surface area contributed by atoms with E-state index in [-0.39, 0.29) is 11.6 Å². The molecule has 23 heavy (non-hydrogen) atoms. The molecule has 1 aromatic carbocycles. The van der Waals surface area contributed by atoms with Crippen LogP contribution in [0.15, 0.2) is 36.4 Å². The van der Waals surface area contributed by atoms with Crippen LogP contribution in [0.3, 0.4) is 0 Å². The van der Waals surface area contributed by atoms with Gasteiger partial charge in [-0.3, -0.25) is 0 Å². The van der Waals surface area contributed by atoms with Crippen molar-refractivity contribution < 1.29 is 14.7 Å². The van der Waals surface area contributed by atoms with E-state index in [9.17, 15) is 9.59 Å². The van der Waals surface area contributed by atoms with Gasteiger partial charge < -0.3 is 15.7 Å². The first-order valence-electron chi connectivity index (χ1n) is 8.14. The Morgan fingerprint density at radius 1 is 1.09 bits per heavy atom. The Morgan fingerprint density at radius 2 is 1.87 bits per heavy atom. The fourth-order valence-corrected chi connectivity index (χ4v) is 3.61. The molecule has 0 aliphatic heterocycles. The highest BCUT2D eigenvalue weighted by Gasteiger charge is 2.34. The molecule has 5 nitrogen and oxygen atoms in total. The maximum absolute atomic E-state index is 11.8. The average Bonchev–Trinajstić information content (AvgIpc) is 3.16. The number of aromatic carboxylic acids is 1. The lowest BCUT2D eigenvalue weighted by molar-refractivity contribution is 0.0697. The van der Waals surface area contributed by atoms with Crippen molar-refractivity contribution in [1.82, 2.24) is 10.6 Å². The number of carbonyl (C=O) groups is 2. The van der Waals surface area contributed by atoms with Gasteiger partial charge in [0.15, 0.2) is 0 Å². The summed E-state index contributed by atoms with van der Waals surface area (Å²) in [4.78, 5) is 22.6. The third-order valence-electron chi connectivity index (χ3n) is 4.87. The van der Waals surface area contributed by atoms with Gasteiger partial charge in [-0.15, -0.1) is 0 Å². The van der Waals surface area contributed by atoms with Crippen LogP contribution in [0, 0.1) is 17.8 Å². The van der Waals surface area contributed by atoms with Crippen LogP contribution in [-0.2, 0) is 6.54 Å². The van der Waals surface area contributed by atoms with E-state index in [0.717, 1.165) is 23.8 Å². The van der Waals surface area contributed by atoms with Gasteiger partial charge in [-0.05, 0) is 54.7 Å². The summed E-state index contributed by atoms with van der Waals surface area (Å²) in [6.07, 6.45) is 8.26. The Kier molecular flexibility index (Phi) is 4.65. The summed E-state index contributed by atoms with van der Waals surface area (Å²) in [5.74, 6) is 1.26. The molecule has 1 aromatic rings. The third-order valence-corrected chi connectivity index (χ3v) is 4.87. The number of hydrogen-bond donors (Lipinski definition) is 3. The van der Waals surface area contributed by atoms with Crippen molar-refractivity contribution in [2.24, 2.45) is 17.8 Å². The van der Waals surface area contributed by atoms with E-state index >= 15 is 0 Å². The number of urea groups is 1. The number of carboxylic acids is 1. The topological polar surface area (TPSA) is 78.4 Å². The van der Waals surface area contributed by atoms with E-state index in [1.165, 1.54) is 12.8 Å². The van der Waals surface area contributed by atoms with Gasteiger partial charge in [0, 0.05) is 13.1 Å². The van der Waals surface area contributed by atoms with Gasteiger partial charge >= 0.3 is 12.0 Å². The van der Waals surface area contributed by atoms with Gasteiger partial charge in [0.2, 0.25) is 0 Å². The molecule has 2 aliphatic carbocycles. The first kappa shape index (κ1) is 15.6. The second kappa shape index (κ2) is 6.86. The van der Waals surface area contributed by atoms with Crippen molar-refractivity contribution in [3.05, 3.63) is 47.5 Å². The molecular formula is C18H22N2O3. The Labute approximate surface area is 135 Å². The molecule has 1 unspecified atom stereocenters. The van der Waals surface area contributed by atoms with E-state index in [0.29, 0.717) is 19.0 Å².